The summed E-state index contributed by atoms with van der Waals surface area (Å²) < 4.78 is 39.4. The number of aromatic nitrogens is 3. The minimum Gasteiger partial charge on any atom is -0.397 e. The van der Waals surface area contributed by atoms with Crippen molar-refractivity contribution < 1.29 is 23.1 Å². The van der Waals surface area contributed by atoms with Crippen LogP contribution in [0.15, 0.2) is 36.5 Å². The summed E-state index contributed by atoms with van der Waals surface area (Å²) >= 11 is 0. The van der Waals surface area contributed by atoms with E-state index in [1.54, 1.807) is 44.2 Å². The molecule has 0 saturated carbocycles. The highest BCUT2D eigenvalue weighted by Gasteiger charge is 2.29. The zero-order chi connectivity index (χ0) is 27.4. The number of aliphatic hydroxyl groups excluding tert-OH is 1. The maximum absolute atomic E-state index is 12.9. The van der Waals surface area contributed by atoms with E-state index in [1.807, 2.05) is 0 Å². The van der Waals surface area contributed by atoms with Crippen molar-refractivity contribution in [1.29, 1.82) is 0 Å². The number of aryl methyl sites for hydroxylation is 1. The van der Waals surface area contributed by atoms with Crippen molar-refractivity contribution in [3.63, 3.8) is 0 Å². The number of amides is 1. The van der Waals surface area contributed by atoms with E-state index in [0.29, 0.717) is 51.9 Å². The zero-order valence-electron chi connectivity index (χ0n) is 21.3. The molecule has 1 saturated heterocycles. The third-order valence-corrected chi connectivity index (χ3v) is 6.33. The lowest BCUT2D eigenvalue weighted by molar-refractivity contribution is -0.142. The van der Waals surface area contributed by atoms with Gasteiger partial charge in [-0.15, -0.1) is 0 Å². The Morgan fingerprint density at radius 3 is 2.58 bits per heavy atom. The van der Waals surface area contributed by atoms with E-state index in [0.717, 1.165) is 30.6 Å². The number of likely N-dealkylation sites (tertiary alicyclic amines) is 1. The topological polar surface area (TPSA) is 121 Å². The number of benzene rings is 1. The molecular weight excluding hydrogens is 499 g/mol. The Kier molecular flexibility index (Phi) is 8.22. The fourth-order valence-electron chi connectivity index (χ4n) is 4.52. The number of halogens is 3. The van der Waals surface area contributed by atoms with Crippen LogP contribution in [0.2, 0.25) is 0 Å². The third-order valence-electron chi connectivity index (χ3n) is 6.33. The summed E-state index contributed by atoms with van der Waals surface area (Å²) in [5, 5.41) is 20.2. The van der Waals surface area contributed by atoms with E-state index in [9.17, 15) is 23.1 Å². The molecule has 1 aliphatic heterocycles. The number of piperidine rings is 1. The first-order chi connectivity index (χ1) is 18.0. The molecule has 1 unspecified atom stereocenters. The number of rotatable bonds is 8. The van der Waals surface area contributed by atoms with Crippen LogP contribution in [0.25, 0.3) is 11.3 Å². The van der Waals surface area contributed by atoms with Crippen molar-refractivity contribution in [2.24, 2.45) is 0 Å². The van der Waals surface area contributed by atoms with E-state index in [1.165, 1.54) is 12.6 Å². The summed E-state index contributed by atoms with van der Waals surface area (Å²) in [5.74, 6) is 0.273. The number of nitrogen functional groups attached to an aromatic ring is 1. The number of nitrogens with one attached hydrogen (secondary N) is 2. The number of nitrogens with two attached hydrogens (primary N) is 1. The number of nitrogens with zero attached hydrogens (tertiary/aromatic N) is 4. The normalized spacial score (nSPS) is 15.3. The Morgan fingerprint density at radius 1 is 1.18 bits per heavy atom. The van der Waals surface area contributed by atoms with Gasteiger partial charge in [-0.2, -0.15) is 18.3 Å². The molecule has 9 nitrogen and oxygen atoms in total. The summed E-state index contributed by atoms with van der Waals surface area (Å²) in [6.45, 7) is 4.09. The summed E-state index contributed by atoms with van der Waals surface area (Å²) in [5.41, 5.74) is 9.21. The van der Waals surface area contributed by atoms with Crippen LogP contribution in [0.5, 0.6) is 0 Å². The molecule has 1 amide bonds. The Bertz CT molecular complexity index is 1280. The van der Waals surface area contributed by atoms with Gasteiger partial charge in [0.05, 0.1) is 35.4 Å². The van der Waals surface area contributed by atoms with Gasteiger partial charge >= 0.3 is 6.18 Å². The molecule has 2 aromatic heterocycles. The fourth-order valence-corrected chi connectivity index (χ4v) is 4.52. The van der Waals surface area contributed by atoms with Crippen molar-refractivity contribution in [2.45, 2.75) is 51.9 Å². The molecule has 3 aromatic rings. The average molecular weight is 532 g/mol. The van der Waals surface area contributed by atoms with Gasteiger partial charge < -0.3 is 21.5 Å². The van der Waals surface area contributed by atoms with E-state index < -0.39 is 18.8 Å². The SMILES string of the molecule is Cc1nn(CC(F)(F)F)cc1-c1nc(Nc2ccc(NC(=O)CN3CCCCC3)cc2N)ccc1C(C)O. The first-order valence-electron chi connectivity index (χ1n) is 12.5. The lowest BCUT2D eigenvalue weighted by Gasteiger charge is -2.25. The molecule has 38 heavy (non-hydrogen) atoms. The quantitative estimate of drug-likeness (QED) is 0.313. The molecule has 204 valence electrons. The number of hydrogen-bond donors (Lipinski definition) is 4. The highest BCUT2D eigenvalue weighted by Crippen LogP contribution is 2.33. The fraction of sp³-hybridized carbons (Fsp3) is 0.423. The monoisotopic (exact) mass is 531 g/mol. The maximum Gasteiger partial charge on any atom is 0.408 e. The molecule has 0 bridgehead atoms. The minimum absolute atomic E-state index is 0.103. The number of carbonyl (C=O) groups is 1. The standard InChI is InChI=1S/C26H32F3N7O2/c1-16-20(13-36(34-16)15-26(27,28)29)25-19(17(2)37)7-9-23(33-25)32-22-8-6-18(12-21(22)30)31-24(38)14-35-10-4-3-5-11-35/h6-9,12-13,17,37H,3-5,10-11,14-15,30H2,1-2H3,(H,31,38)(H,32,33). The van der Waals surface area contributed by atoms with Crippen LogP contribution in [0.3, 0.4) is 0 Å². The van der Waals surface area contributed by atoms with Crippen LogP contribution in [-0.4, -0.2) is 56.5 Å². The maximum atomic E-state index is 12.9. The summed E-state index contributed by atoms with van der Waals surface area (Å²) in [6.07, 6.45) is -0.654. The molecule has 12 heteroatoms. The molecule has 0 radical (unpaired) electrons. The highest BCUT2D eigenvalue weighted by atomic mass is 19.4. The molecule has 1 fully saturated rings. The van der Waals surface area contributed by atoms with Gasteiger partial charge in [0, 0.05) is 23.0 Å². The Morgan fingerprint density at radius 2 is 1.92 bits per heavy atom. The summed E-state index contributed by atoms with van der Waals surface area (Å²) in [6, 6.07) is 8.38. The van der Waals surface area contributed by atoms with Crippen molar-refractivity contribution in [3.8, 4) is 11.3 Å². The second-order valence-corrected chi connectivity index (χ2v) is 9.56. The van der Waals surface area contributed by atoms with Gasteiger partial charge in [0.15, 0.2) is 0 Å². The third kappa shape index (κ3) is 7.01. The van der Waals surface area contributed by atoms with Crippen molar-refractivity contribution >= 4 is 28.8 Å². The average Bonchev–Trinajstić information content (AvgIpc) is 3.19. The molecule has 3 heterocycles. The van der Waals surface area contributed by atoms with Gasteiger partial charge in [0.1, 0.15) is 12.4 Å². The lowest BCUT2D eigenvalue weighted by atomic mass is 10.0. The lowest BCUT2D eigenvalue weighted by Crippen LogP contribution is -2.36. The predicted octanol–water partition coefficient (Wildman–Crippen LogP) is 4.62. The van der Waals surface area contributed by atoms with Crippen molar-refractivity contribution in [3.05, 3.63) is 47.8 Å². The first kappa shape index (κ1) is 27.4. The number of aliphatic hydroxyl groups is 1. The van der Waals surface area contributed by atoms with Gasteiger partial charge in [0.25, 0.3) is 0 Å². The minimum atomic E-state index is -4.42. The van der Waals surface area contributed by atoms with E-state index in [-0.39, 0.29) is 5.91 Å². The Balaban J connectivity index is 1.52. The summed E-state index contributed by atoms with van der Waals surface area (Å²) in [4.78, 5) is 19.1. The zero-order valence-corrected chi connectivity index (χ0v) is 21.3. The van der Waals surface area contributed by atoms with Gasteiger partial charge in [-0.1, -0.05) is 12.5 Å². The Labute approximate surface area is 218 Å². The second kappa shape index (κ2) is 11.4. The van der Waals surface area contributed by atoms with Gasteiger partial charge in [-0.25, -0.2) is 4.98 Å². The van der Waals surface area contributed by atoms with Crippen molar-refractivity contribution in [1.82, 2.24) is 19.7 Å². The molecular formula is C26H32F3N7O2. The highest BCUT2D eigenvalue weighted by molar-refractivity contribution is 5.93. The smallest absolute Gasteiger partial charge is 0.397 e. The molecule has 0 aliphatic carbocycles. The van der Waals surface area contributed by atoms with E-state index in [4.69, 9.17) is 5.73 Å². The number of hydrogen-bond acceptors (Lipinski definition) is 7. The Hall–Kier alpha value is -3.64. The number of carbonyl (C=O) groups excluding carboxylic acids is 1. The van der Waals surface area contributed by atoms with Gasteiger partial charge in [-0.05, 0) is 64.0 Å². The van der Waals surface area contributed by atoms with E-state index >= 15 is 0 Å². The van der Waals surface area contributed by atoms with Crippen LogP contribution >= 0.6 is 0 Å². The van der Waals surface area contributed by atoms with Crippen LogP contribution in [0, 0.1) is 6.92 Å². The molecule has 1 aliphatic rings. The number of anilines is 4. The molecule has 1 aromatic carbocycles. The molecule has 1 atom stereocenters. The number of alkyl halides is 3. The molecule has 0 spiro atoms. The van der Waals surface area contributed by atoms with E-state index in [2.05, 4.69) is 25.6 Å². The second-order valence-electron chi connectivity index (χ2n) is 9.56. The first-order valence-corrected chi connectivity index (χ1v) is 12.5. The molecule has 4 rings (SSSR count). The van der Waals surface area contributed by atoms with Crippen LogP contribution in [-0.2, 0) is 11.3 Å². The van der Waals surface area contributed by atoms with Gasteiger partial charge in [-0.3, -0.25) is 14.4 Å². The van der Waals surface area contributed by atoms with Crippen LogP contribution in [0.1, 0.15) is 43.5 Å². The van der Waals surface area contributed by atoms with Gasteiger partial charge in [0.2, 0.25) is 5.91 Å². The summed E-state index contributed by atoms with van der Waals surface area (Å²) in [7, 11) is 0. The van der Waals surface area contributed by atoms with Crippen LogP contribution < -0.4 is 16.4 Å². The predicted molar refractivity (Wildman–Crippen MR) is 140 cm³/mol. The van der Waals surface area contributed by atoms with Crippen molar-refractivity contribution in [2.75, 3.05) is 36.0 Å². The molecule has 5 N–H and O–H groups in total. The largest absolute Gasteiger partial charge is 0.408 e. The number of pyridine rings is 1. The van der Waals surface area contributed by atoms with Crippen LogP contribution in [0.4, 0.5) is 36.1 Å².